The molecule has 0 spiro atoms. The van der Waals surface area contributed by atoms with Gasteiger partial charge in [0.2, 0.25) is 0 Å². The number of aromatic nitrogens is 3. The van der Waals surface area contributed by atoms with Crippen LogP contribution < -0.4 is 0 Å². The second-order valence-electron chi connectivity index (χ2n) is 4.07. The molecule has 4 nitrogen and oxygen atoms in total. The molecule has 5 heteroatoms. The Morgan fingerprint density at radius 3 is 3.00 bits per heavy atom. The molecule has 3 rings (SSSR count). The molecule has 0 N–H and O–H groups in total. The van der Waals surface area contributed by atoms with Crippen LogP contribution in [0.2, 0.25) is 0 Å². The number of ether oxygens (including phenoxy) is 1. The Bertz CT molecular complexity index is 534. The average molecular weight is 247 g/mol. The SMILES string of the molecule is C[C@@H]1OCC[C@H]1Sc1ccc2nccnc2n1. The summed E-state index contributed by atoms with van der Waals surface area (Å²) in [5.41, 5.74) is 1.55. The van der Waals surface area contributed by atoms with Gasteiger partial charge in [-0.2, -0.15) is 0 Å². The largest absolute Gasteiger partial charge is 0.377 e. The molecular formula is C12H13N3OS. The molecular weight excluding hydrogens is 234 g/mol. The zero-order chi connectivity index (χ0) is 11.7. The summed E-state index contributed by atoms with van der Waals surface area (Å²) in [6.07, 6.45) is 4.75. The highest BCUT2D eigenvalue weighted by molar-refractivity contribution is 7.99. The summed E-state index contributed by atoms with van der Waals surface area (Å²) >= 11 is 1.77. The van der Waals surface area contributed by atoms with Gasteiger partial charge in [-0.3, -0.25) is 4.98 Å². The van der Waals surface area contributed by atoms with Crippen molar-refractivity contribution in [2.24, 2.45) is 0 Å². The highest BCUT2D eigenvalue weighted by atomic mass is 32.2. The molecule has 1 fully saturated rings. The number of nitrogens with zero attached hydrogens (tertiary/aromatic N) is 3. The Hall–Kier alpha value is -1.20. The highest BCUT2D eigenvalue weighted by Crippen LogP contribution is 2.31. The van der Waals surface area contributed by atoms with E-state index in [-0.39, 0.29) is 0 Å². The van der Waals surface area contributed by atoms with Crippen LogP contribution in [0.1, 0.15) is 13.3 Å². The molecule has 1 saturated heterocycles. The molecule has 17 heavy (non-hydrogen) atoms. The van der Waals surface area contributed by atoms with E-state index in [1.54, 1.807) is 24.2 Å². The molecule has 3 heterocycles. The number of fused-ring (bicyclic) bond motifs is 1. The molecule has 0 unspecified atom stereocenters. The van der Waals surface area contributed by atoms with Gasteiger partial charge >= 0.3 is 0 Å². The van der Waals surface area contributed by atoms with Crippen LogP contribution >= 0.6 is 11.8 Å². The second kappa shape index (κ2) is 4.58. The molecule has 1 aliphatic heterocycles. The van der Waals surface area contributed by atoms with Crippen LogP contribution in [0.15, 0.2) is 29.6 Å². The van der Waals surface area contributed by atoms with E-state index in [1.807, 2.05) is 12.1 Å². The normalized spacial score (nSPS) is 24.3. The molecule has 2 atom stereocenters. The van der Waals surface area contributed by atoms with Gasteiger partial charge in [-0.15, -0.1) is 11.8 Å². The van der Waals surface area contributed by atoms with Crippen molar-refractivity contribution in [2.45, 2.75) is 29.7 Å². The summed E-state index contributed by atoms with van der Waals surface area (Å²) < 4.78 is 5.55. The summed E-state index contributed by atoms with van der Waals surface area (Å²) in [5, 5.41) is 1.50. The van der Waals surface area contributed by atoms with Gasteiger partial charge in [0.05, 0.1) is 11.1 Å². The first kappa shape index (κ1) is 10.9. The molecule has 0 aromatic carbocycles. The minimum atomic E-state index is 0.305. The number of hydrogen-bond donors (Lipinski definition) is 0. The fourth-order valence-corrected chi connectivity index (χ4v) is 3.00. The van der Waals surface area contributed by atoms with Gasteiger partial charge in [0, 0.05) is 24.3 Å². The quantitative estimate of drug-likeness (QED) is 0.815. The molecule has 0 bridgehead atoms. The van der Waals surface area contributed by atoms with Crippen LogP contribution in [0.3, 0.4) is 0 Å². The predicted octanol–water partition coefficient (Wildman–Crippen LogP) is 2.29. The minimum absolute atomic E-state index is 0.305. The topological polar surface area (TPSA) is 47.9 Å². The smallest absolute Gasteiger partial charge is 0.179 e. The number of thioether (sulfide) groups is 1. The van der Waals surface area contributed by atoms with Gasteiger partial charge in [-0.05, 0) is 25.5 Å². The van der Waals surface area contributed by atoms with E-state index in [9.17, 15) is 0 Å². The van der Waals surface area contributed by atoms with Gasteiger partial charge in [-0.25, -0.2) is 9.97 Å². The van der Waals surface area contributed by atoms with E-state index in [0.29, 0.717) is 17.0 Å². The Labute approximate surface area is 104 Å². The fourth-order valence-electron chi connectivity index (χ4n) is 1.92. The Kier molecular flexibility index (Phi) is 2.94. The Morgan fingerprint density at radius 2 is 2.18 bits per heavy atom. The summed E-state index contributed by atoms with van der Waals surface area (Å²) in [4.78, 5) is 12.9. The molecule has 0 amide bonds. The highest BCUT2D eigenvalue weighted by Gasteiger charge is 2.25. The maximum Gasteiger partial charge on any atom is 0.179 e. The van der Waals surface area contributed by atoms with Crippen molar-refractivity contribution in [1.29, 1.82) is 0 Å². The Balaban J connectivity index is 1.85. The molecule has 2 aromatic rings. The van der Waals surface area contributed by atoms with Crippen LogP contribution in [0.4, 0.5) is 0 Å². The van der Waals surface area contributed by atoms with Crippen molar-refractivity contribution in [1.82, 2.24) is 15.0 Å². The third kappa shape index (κ3) is 2.25. The first-order chi connectivity index (χ1) is 8.33. The molecule has 0 radical (unpaired) electrons. The van der Waals surface area contributed by atoms with E-state index in [1.165, 1.54) is 0 Å². The van der Waals surface area contributed by atoms with Crippen LogP contribution in [0.5, 0.6) is 0 Å². The molecule has 88 valence electrons. The van der Waals surface area contributed by atoms with Gasteiger partial charge in [0.15, 0.2) is 5.65 Å². The van der Waals surface area contributed by atoms with Crippen molar-refractivity contribution in [3.63, 3.8) is 0 Å². The minimum Gasteiger partial charge on any atom is -0.377 e. The van der Waals surface area contributed by atoms with Crippen LogP contribution in [-0.4, -0.2) is 32.9 Å². The number of hydrogen-bond acceptors (Lipinski definition) is 5. The zero-order valence-corrected chi connectivity index (χ0v) is 10.4. The van der Waals surface area contributed by atoms with E-state index in [2.05, 4.69) is 21.9 Å². The third-order valence-electron chi connectivity index (χ3n) is 2.88. The van der Waals surface area contributed by atoms with Crippen LogP contribution in [0, 0.1) is 0 Å². The van der Waals surface area contributed by atoms with Gasteiger partial charge < -0.3 is 4.74 Å². The standard InChI is InChI=1S/C12H13N3OS/c1-8-10(4-7-16-8)17-11-3-2-9-12(15-11)14-6-5-13-9/h2-3,5-6,8,10H,4,7H2,1H3/t8-,10+/m0/s1. The molecule has 0 saturated carbocycles. The van der Waals surface area contributed by atoms with Gasteiger partial charge in [0.1, 0.15) is 5.52 Å². The number of rotatable bonds is 2. The van der Waals surface area contributed by atoms with E-state index >= 15 is 0 Å². The van der Waals surface area contributed by atoms with E-state index in [0.717, 1.165) is 23.6 Å². The summed E-state index contributed by atoms with van der Waals surface area (Å²) in [5.74, 6) is 0. The first-order valence-electron chi connectivity index (χ1n) is 5.69. The maximum atomic E-state index is 5.55. The third-order valence-corrected chi connectivity index (χ3v) is 4.28. The average Bonchev–Trinajstić information content (AvgIpc) is 2.75. The van der Waals surface area contributed by atoms with E-state index < -0.39 is 0 Å². The molecule has 0 aliphatic carbocycles. The fraction of sp³-hybridized carbons (Fsp3) is 0.417. The van der Waals surface area contributed by atoms with Gasteiger partial charge in [-0.1, -0.05) is 0 Å². The van der Waals surface area contributed by atoms with Crippen molar-refractivity contribution in [2.75, 3.05) is 6.61 Å². The van der Waals surface area contributed by atoms with Crippen LogP contribution in [0.25, 0.3) is 11.2 Å². The lowest BCUT2D eigenvalue weighted by Crippen LogP contribution is -2.13. The summed E-state index contributed by atoms with van der Waals surface area (Å²) in [6.45, 7) is 2.97. The predicted molar refractivity (Wildman–Crippen MR) is 67.0 cm³/mol. The second-order valence-corrected chi connectivity index (χ2v) is 5.33. The lowest BCUT2D eigenvalue weighted by atomic mass is 10.3. The summed E-state index contributed by atoms with van der Waals surface area (Å²) in [6, 6.07) is 3.98. The van der Waals surface area contributed by atoms with E-state index in [4.69, 9.17) is 4.74 Å². The summed E-state index contributed by atoms with van der Waals surface area (Å²) in [7, 11) is 0. The monoisotopic (exact) mass is 247 g/mol. The van der Waals surface area contributed by atoms with Gasteiger partial charge in [0.25, 0.3) is 0 Å². The van der Waals surface area contributed by atoms with Crippen molar-refractivity contribution < 1.29 is 4.74 Å². The molecule has 1 aliphatic rings. The number of pyridine rings is 1. The lowest BCUT2D eigenvalue weighted by Gasteiger charge is -2.12. The molecule has 2 aromatic heterocycles. The van der Waals surface area contributed by atoms with Crippen molar-refractivity contribution in [3.8, 4) is 0 Å². The first-order valence-corrected chi connectivity index (χ1v) is 6.57. The van der Waals surface area contributed by atoms with Crippen LogP contribution in [-0.2, 0) is 4.74 Å². The van der Waals surface area contributed by atoms with Crippen molar-refractivity contribution >= 4 is 22.9 Å². The zero-order valence-electron chi connectivity index (χ0n) is 9.54. The Morgan fingerprint density at radius 1 is 1.29 bits per heavy atom. The lowest BCUT2D eigenvalue weighted by molar-refractivity contribution is 0.127. The maximum absolute atomic E-state index is 5.55. The van der Waals surface area contributed by atoms with Crippen molar-refractivity contribution in [3.05, 3.63) is 24.5 Å².